The van der Waals surface area contributed by atoms with Gasteiger partial charge in [0.2, 0.25) is 0 Å². The van der Waals surface area contributed by atoms with Crippen molar-refractivity contribution >= 4 is 17.7 Å². The van der Waals surface area contributed by atoms with Gasteiger partial charge in [0.15, 0.2) is 0 Å². The summed E-state index contributed by atoms with van der Waals surface area (Å²) in [6.07, 6.45) is 7.55. The second kappa shape index (κ2) is 6.96. The highest BCUT2D eigenvalue weighted by Crippen LogP contribution is 2.21. The van der Waals surface area contributed by atoms with Crippen LogP contribution in [0.1, 0.15) is 42.5 Å². The quantitative estimate of drug-likeness (QED) is 0.660. The predicted molar refractivity (Wildman–Crippen MR) is 80.5 cm³/mol. The first-order valence-corrected chi connectivity index (χ1v) is 8.14. The molecular weight excluding hydrogens is 256 g/mol. The number of thioether (sulfide) groups is 1. The van der Waals surface area contributed by atoms with Gasteiger partial charge in [0, 0.05) is 17.0 Å². The van der Waals surface area contributed by atoms with Crippen molar-refractivity contribution in [1.29, 1.82) is 0 Å². The Hall–Kier alpha value is -1.00. The fourth-order valence-electron chi connectivity index (χ4n) is 2.59. The van der Waals surface area contributed by atoms with Crippen molar-refractivity contribution in [3.05, 3.63) is 29.8 Å². The molecule has 3 N–H and O–H groups in total. The molecule has 1 aliphatic rings. The number of nitrogens with one attached hydrogen (secondary N) is 1. The van der Waals surface area contributed by atoms with Gasteiger partial charge in [0.05, 0.1) is 5.56 Å². The molecule has 3 nitrogen and oxygen atoms in total. The summed E-state index contributed by atoms with van der Waals surface area (Å²) in [4.78, 5) is 13.4. The Morgan fingerprint density at radius 3 is 2.79 bits per heavy atom. The summed E-state index contributed by atoms with van der Waals surface area (Å²) in [6, 6.07) is 7.93. The summed E-state index contributed by atoms with van der Waals surface area (Å²) in [5, 5.41) is 3.12. The number of amides is 1. The maximum absolute atomic E-state index is 12.4. The topological polar surface area (TPSA) is 55.1 Å². The van der Waals surface area contributed by atoms with Gasteiger partial charge in [-0.3, -0.25) is 4.79 Å². The Balaban J connectivity index is 2.07. The van der Waals surface area contributed by atoms with Gasteiger partial charge in [0.25, 0.3) is 5.91 Å². The van der Waals surface area contributed by atoms with Crippen LogP contribution in [0, 0.1) is 0 Å². The van der Waals surface area contributed by atoms with Gasteiger partial charge in [-0.05, 0) is 31.2 Å². The van der Waals surface area contributed by atoms with Gasteiger partial charge >= 0.3 is 0 Å². The van der Waals surface area contributed by atoms with Crippen molar-refractivity contribution in [3.8, 4) is 0 Å². The lowest BCUT2D eigenvalue weighted by Crippen LogP contribution is -2.47. The average molecular weight is 278 g/mol. The summed E-state index contributed by atoms with van der Waals surface area (Å²) in [5.41, 5.74) is 6.91. The van der Waals surface area contributed by atoms with Crippen molar-refractivity contribution in [2.45, 2.75) is 49.1 Å². The van der Waals surface area contributed by atoms with Crippen molar-refractivity contribution in [2.24, 2.45) is 5.73 Å². The number of nitrogens with two attached hydrogens (primary N) is 1. The highest BCUT2D eigenvalue weighted by Gasteiger charge is 2.23. The van der Waals surface area contributed by atoms with E-state index in [0.29, 0.717) is 0 Å². The second-order valence-corrected chi connectivity index (χ2v) is 5.93. The Kier molecular flexibility index (Phi) is 5.28. The van der Waals surface area contributed by atoms with Crippen LogP contribution in [0.15, 0.2) is 29.2 Å². The number of hydrogen-bond donors (Lipinski definition) is 2. The van der Waals surface area contributed by atoms with Gasteiger partial charge in [0.1, 0.15) is 0 Å². The van der Waals surface area contributed by atoms with Gasteiger partial charge < -0.3 is 11.1 Å². The first-order valence-electron chi connectivity index (χ1n) is 6.92. The van der Waals surface area contributed by atoms with Crippen LogP contribution < -0.4 is 11.1 Å². The van der Waals surface area contributed by atoms with Gasteiger partial charge in [-0.2, -0.15) is 0 Å². The molecule has 104 valence electrons. The SMILES string of the molecule is CSc1ccccc1C(=O)NC1CCCCCC1N. The molecule has 2 atom stereocenters. The average Bonchev–Trinajstić information content (AvgIpc) is 2.64. The monoisotopic (exact) mass is 278 g/mol. The number of benzene rings is 1. The number of hydrogen-bond acceptors (Lipinski definition) is 3. The van der Waals surface area contributed by atoms with Crippen LogP contribution in [0.2, 0.25) is 0 Å². The minimum atomic E-state index is 0.00676. The van der Waals surface area contributed by atoms with Gasteiger partial charge in [-0.15, -0.1) is 11.8 Å². The molecule has 0 aliphatic heterocycles. The van der Waals surface area contributed by atoms with E-state index in [1.807, 2.05) is 30.5 Å². The smallest absolute Gasteiger partial charge is 0.252 e. The number of carbonyl (C=O) groups is 1. The Labute approximate surface area is 119 Å². The normalized spacial score (nSPS) is 23.7. The first kappa shape index (κ1) is 14.4. The van der Waals surface area contributed by atoms with Crippen molar-refractivity contribution in [2.75, 3.05) is 6.26 Å². The lowest BCUT2D eigenvalue weighted by Gasteiger charge is -2.23. The molecule has 19 heavy (non-hydrogen) atoms. The van der Waals surface area contributed by atoms with E-state index in [1.54, 1.807) is 11.8 Å². The molecule has 0 heterocycles. The summed E-state index contributed by atoms with van der Waals surface area (Å²) in [7, 11) is 0. The largest absolute Gasteiger partial charge is 0.348 e. The molecule has 1 saturated carbocycles. The third-order valence-electron chi connectivity index (χ3n) is 3.74. The molecule has 1 aromatic rings. The standard InChI is InChI=1S/C15H22N2OS/c1-19-14-10-6-5-7-11(14)15(18)17-13-9-4-2-3-8-12(13)16/h5-7,10,12-13H,2-4,8-9,16H2,1H3,(H,17,18). The van der Waals surface area contributed by atoms with Crippen LogP contribution in [0.25, 0.3) is 0 Å². The minimum absolute atomic E-state index is 0.00676. The van der Waals surface area contributed by atoms with Crippen molar-refractivity contribution in [3.63, 3.8) is 0 Å². The van der Waals surface area contributed by atoms with Crippen LogP contribution in [0.3, 0.4) is 0 Å². The van der Waals surface area contributed by atoms with Crippen LogP contribution in [-0.4, -0.2) is 24.2 Å². The van der Waals surface area contributed by atoms with E-state index in [-0.39, 0.29) is 18.0 Å². The molecule has 2 unspecified atom stereocenters. The van der Waals surface area contributed by atoms with Gasteiger partial charge in [-0.25, -0.2) is 0 Å². The predicted octanol–water partition coefficient (Wildman–Crippen LogP) is 2.80. The molecule has 1 fully saturated rings. The molecule has 0 saturated heterocycles. The fourth-order valence-corrected chi connectivity index (χ4v) is 3.19. The Morgan fingerprint density at radius 1 is 1.26 bits per heavy atom. The Bertz CT molecular complexity index is 436. The number of carbonyl (C=O) groups excluding carboxylic acids is 1. The van der Waals surface area contributed by atoms with E-state index < -0.39 is 0 Å². The van der Waals surface area contributed by atoms with E-state index in [2.05, 4.69) is 5.32 Å². The van der Waals surface area contributed by atoms with Crippen LogP contribution in [-0.2, 0) is 0 Å². The Morgan fingerprint density at radius 2 is 2.00 bits per heavy atom. The van der Waals surface area contributed by atoms with Gasteiger partial charge in [-0.1, -0.05) is 31.4 Å². The molecule has 2 rings (SSSR count). The maximum Gasteiger partial charge on any atom is 0.252 e. The molecule has 0 radical (unpaired) electrons. The molecule has 1 aromatic carbocycles. The van der Waals surface area contributed by atoms with E-state index in [0.717, 1.165) is 29.7 Å². The molecule has 0 spiro atoms. The zero-order valence-electron chi connectivity index (χ0n) is 11.4. The zero-order valence-corrected chi connectivity index (χ0v) is 12.2. The second-order valence-electron chi connectivity index (χ2n) is 5.08. The van der Waals surface area contributed by atoms with E-state index in [1.165, 1.54) is 12.8 Å². The van der Waals surface area contributed by atoms with E-state index in [4.69, 9.17) is 5.73 Å². The third-order valence-corrected chi connectivity index (χ3v) is 4.53. The highest BCUT2D eigenvalue weighted by atomic mass is 32.2. The third kappa shape index (κ3) is 3.74. The zero-order chi connectivity index (χ0) is 13.7. The molecule has 0 aromatic heterocycles. The van der Waals surface area contributed by atoms with E-state index >= 15 is 0 Å². The molecular formula is C15H22N2OS. The van der Waals surface area contributed by atoms with E-state index in [9.17, 15) is 4.79 Å². The van der Waals surface area contributed by atoms with Crippen LogP contribution in [0.4, 0.5) is 0 Å². The summed E-state index contributed by atoms with van der Waals surface area (Å²) in [6.45, 7) is 0. The summed E-state index contributed by atoms with van der Waals surface area (Å²) < 4.78 is 0. The van der Waals surface area contributed by atoms with Crippen molar-refractivity contribution in [1.82, 2.24) is 5.32 Å². The molecule has 4 heteroatoms. The van der Waals surface area contributed by atoms with Crippen LogP contribution >= 0.6 is 11.8 Å². The fraction of sp³-hybridized carbons (Fsp3) is 0.533. The molecule has 1 aliphatic carbocycles. The minimum Gasteiger partial charge on any atom is -0.348 e. The van der Waals surface area contributed by atoms with Crippen LogP contribution in [0.5, 0.6) is 0 Å². The lowest BCUT2D eigenvalue weighted by molar-refractivity contribution is 0.0926. The van der Waals surface area contributed by atoms with Crippen molar-refractivity contribution < 1.29 is 4.79 Å². The molecule has 0 bridgehead atoms. The maximum atomic E-state index is 12.4. The lowest BCUT2D eigenvalue weighted by atomic mass is 10.0. The molecule has 1 amide bonds. The highest BCUT2D eigenvalue weighted by molar-refractivity contribution is 7.98. The number of rotatable bonds is 3. The summed E-state index contributed by atoms with van der Waals surface area (Å²) >= 11 is 1.60. The summed E-state index contributed by atoms with van der Waals surface area (Å²) in [5.74, 6) is 0.00676. The first-order chi connectivity index (χ1) is 9.22.